The molecule has 0 amide bonds. The van der Waals surface area contributed by atoms with Crippen LogP contribution in [0.5, 0.6) is 0 Å². The Balaban J connectivity index is 1.85. The fraction of sp³-hybridized carbons (Fsp3) is 0.111. The van der Waals surface area contributed by atoms with Crippen LogP contribution in [0.1, 0.15) is 19.8 Å². The summed E-state index contributed by atoms with van der Waals surface area (Å²) in [4.78, 5) is 2.29. The third-order valence-corrected chi connectivity index (χ3v) is 5.27. The predicted octanol–water partition coefficient (Wildman–Crippen LogP) is 8.33. The van der Waals surface area contributed by atoms with Crippen LogP contribution < -0.4 is 4.90 Å². The topological polar surface area (TPSA) is 3.24 Å². The van der Waals surface area contributed by atoms with Crippen molar-refractivity contribution in [1.82, 2.24) is 0 Å². The van der Waals surface area contributed by atoms with Crippen LogP contribution in [0.3, 0.4) is 0 Å². The van der Waals surface area contributed by atoms with Gasteiger partial charge in [0.25, 0.3) is 0 Å². The first-order valence-corrected chi connectivity index (χ1v) is 10.3. The van der Waals surface area contributed by atoms with E-state index >= 15 is 0 Å². The number of rotatable bonds is 4. The van der Waals surface area contributed by atoms with Gasteiger partial charge in [-0.05, 0) is 79.4 Å². The van der Waals surface area contributed by atoms with E-state index in [4.69, 9.17) is 11.6 Å². The number of hydrogen-bond acceptors (Lipinski definition) is 1. The molecule has 2 heteroatoms. The molecule has 1 aliphatic rings. The van der Waals surface area contributed by atoms with Gasteiger partial charge in [0.1, 0.15) is 0 Å². The highest BCUT2D eigenvalue weighted by molar-refractivity contribution is 6.30. The van der Waals surface area contributed by atoms with Crippen LogP contribution in [0.25, 0.3) is 11.1 Å². The fourth-order valence-corrected chi connectivity index (χ4v) is 3.71. The van der Waals surface area contributed by atoms with Gasteiger partial charge in [0, 0.05) is 22.1 Å². The molecule has 0 aromatic heterocycles. The van der Waals surface area contributed by atoms with E-state index in [9.17, 15) is 0 Å². The summed E-state index contributed by atoms with van der Waals surface area (Å²) in [5, 5.41) is 0.741. The maximum Gasteiger partial charge on any atom is 0.0467 e. The molecule has 0 atom stereocenters. The highest BCUT2D eigenvalue weighted by Gasteiger charge is 2.15. The first-order valence-electron chi connectivity index (χ1n) is 9.97. The highest BCUT2D eigenvalue weighted by atomic mass is 35.5. The molecular formula is C27H24ClN. The van der Waals surface area contributed by atoms with Crippen molar-refractivity contribution in [2.24, 2.45) is 0 Å². The van der Waals surface area contributed by atoms with Crippen molar-refractivity contribution in [3.63, 3.8) is 0 Å². The summed E-state index contributed by atoms with van der Waals surface area (Å²) in [5.74, 6) is 0. The van der Waals surface area contributed by atoms with Crippen molar-refractivity contribution < 1.29 is 0 Å². The van der Waals surface area contributed by atoms with Crippen molar-refractivity contribution >= 4 is 23.0 Å². The summed E-state index contributed by atoms with van der Waals surface area (Å²) in [6.07, 6.45) is 11.1. The van der Waals surface area contributed by atoms with E-state index in [0.29, 0.717) is 0 Å². The maximum atomic E-state index is 6.17. The Morgan fingerprint density at radius 3 is 2.31 bits per heavy atom. The first kappa shape index (κ1) is 19.3. The Kier molecular flexibility index (Phi) is 5.97. The Labute approximate surface area is 178 Å². The molecule has 29 heavy (non-hydrogen) atoms. The van der Waals surface area contributed by atoms with Gasteiger partial charge in [0.15, 0.2) is 0 Å². The van der Waals surface area contributed by atoms with Gasteiger partial charge < -0.3 is 4.90 Å². The van der Waals surface area contributed by atoms with Crippen molar-refractivity contribution in [3.8, 4) is 11.1 Å². The summed E-state index contributed by atoms with van der Waals surface area (Å²) in [7, 11) is 0. The van der Waals surface area contributed by atoms with E-state index in [2.05, 4.69) is 96.8 Å². The van der Waals surface area contributed by atoms with Crippen LogP contribution in [0.15, 0.2) is 114 Å². The van der Waals surface area contributed by atoms with Crippen LogP contribution >= 0.6 is 11.6 Å². The average Bonchev–Trinajstić information content (AvgIpc) is 2.74. The van der Waals surface area contributed by atoms with E-state index in [1.165, 1.54) is 16.7 Å². The lowest BCUT2D eigenvalue weighted by Gasteiger charge is -2.27. The third-order valence-electron chi connectivity index (χ3n) is 5.02. The largest absolute Gasteiger partial charge is 0.310 e. The molecule has 0 N–H and O–H groups in total. The van der Waals surface area contributed by atoms with Crippen LogP contribution in [-0.2, 0) is 0 Å². The zero-order valence-corrected chi connectivity index (χ0v) is 17.3. The first-order chi connectivity index (χ1) is 14.2. The smallest absolute Gasteiger partial charge is 0.0467 e. The lowest BCUT2D eigenvalue weighted by Crippen LogP contribution is -2.15. The summed E-state index contributed by atoms with van der Waals surface area (Å²) in [5.41, 5.74) is 7.05. The molecule has 0 spiro atoms. The van der Waals surface area contributed by atoms with Gasteiger partial charge in [0.2, 0.25) is 0 Å². The molecule has 0 unspecified atom stereocenters. The molecule has 0 heterocycles. The molecule has 3 aromatic rings. The normalized spacial score (nSPS) is 16.8. The molecule has 0 saturated heterocycles. The second-order valence-corrected chi connectivity index (χ2v) is 7.66. The van der Waals surface area contributed by atoms with Crippen molar-refractivity contribution in [1.29, 1.82) is 0 Å². The number of halogens is 1. The molecule has 4 rings (SSSR count). The van der Waals surface area contributed by atoms with Gasteiger partial charge in [0.05, 0.1) is 0 Å². The lowest BCUT2D eigenvalue weighted by molar-refractivity contribution is 1.03. The molecule has 3 aromatic carbocycles. The Hall–Kier alpha value is -3.03. The number of benzene rings is 3. The molecule has 0 radical (unpaired) electrons. The molecule has 144 valence electrons. The summed E-state index contributed by atoms with van der Waals surface area (Å²) in [6, 6.07) is 27.2. The Morgan fingerprint density at radius 1 is 0.759 bits per heavy atom. The minimum absolute atomic E-state index is 0.741. The fourth-order valence-electron chi connectivity index (χ4n) is 3.58. The molecular weight excluding hydrogens is 374 g/mol. The number of anilines is 2. The zero-order chi connectivity index (χ0) is 20.1. The Bertz CT molecular complexity index is 1060. The summed E-state index contributed by atoms with van der Waals surface area (Å²) >= 11 is 6.17. The van der Waals surface area contributed by atoms with E-state index < -0.39 is 0 Å². The standard InChI is InChI=1S/C27H24ClN/c1-21-9-4-2-7-13-26(19-21)29(25-17-15-24(28)16-18-25)27-14-8-12-23(20-27)22-10-5-3-6-11-22/h3,5-20H,2,4H2,1H3/b13-7-,21-9?,26-19+. The van der Waals surface area contributed by atoms with Crippen LogP contribution in [0.4, 0.5) is 11.4 Å². The second-order valence-electron chi connectivity index (χ2n) is 7.23. The van der Waals surface area contributed by atoms with Gasteiger partial charge in [-0.3, -0.25) is 0 Å². The van der Waals surface area contributed by atoms with Crippen LogP contribution in [-0.4, -0.2) is 0 Å². The van der Waals surface area contributed by atoms with Crippen LogP contribution in [0.2, 0.25) is 5.02 Å². The predicted molar refractivity (Wildman–Crippen MR) is 126 cm³/mol. The summed E-state index contributed by atoms with van der Waals surface area (Å²) in [6.45, 7) is 2.17. The number of hydrogen-bond donors (Lipinski definition) is 0. The molecule has 0 saturated carbocycles. The van der Waals surface area contributed by atoms with E-state index in [1.807, 2.05) is 18.2 Å². The molecule has 1 nitrogen and oxygen atoms in total. The lowest BCUT2D eigenvalue weighted by atomic mass is 10.0. The van der Waals surface area contributed by atoms with Crippen molar-refractivity contribution in [2.75, 3.05) is 4.90 Å². The number of allylic oxidation sites excluding steroid dienone is 5. The molecule has 0 aliphatic heterocycles. The number of nitrogens with zero attached hydrogens (tertiary/aromatic N) is 1. The minimum Gasteiger partial charge on any atom is -0.310 e. The monoisotopic (exact) mass is 397 g/mol. The van der Waals surface area contributed by atoms with Crippen LogP contribution in [0, 0.1) is 0 Å². The van der Waals surface area contributed by atoms with Crippen molar-refractivity contribution in [3.05, 3.63) is 119 Å². The average molecular weight is 398 g/mol. The molecule has 1 aliphatic carbocycles. The molecule has 0 bridgehead atoms. The van der Waals surface area contributed by atoms with E-state index in [0.717, 1.165) is 34.9 Å². The van der Waals surface area contributed by atoms with Gasteiger partial charge in [-0.1, -0.05) is 71.8 Å². The highest BCUT2D eigenvalue weighted by Crippen LogP contribution is 2.34. The van der Waals surface area contributed by atoms with Gasteiger partial charge in [-0.25, -0.2) is 0 Å². The van der Waals surface area contributed by atoms with E-state index in [-0.39, 0.29) is 0 Å². The van der Waals surface area contributed by atoms with E-state index in [1.54, 1.807) is 0 Å². The van der Waals surface area contributed by atoms with Gasteiger partial charge in [-0.15, -0.1) is 0 Å². The third kappa shape index (κ3) is 4.70. The summed E-state index contributed by atoms with van der Waals surface area (Å²) < 4.78 is 0. The minimum atomic E-state index is 0.741. The quantitative estimate of drug-likeness (QED) is 0.427. The molecule has 0 fully saturated rings. The van der Waals surface area contributed by atoms with Crippen molar-refractivity contribution in [2.45, 2.75) is 19.8 Å². The SMILES string of the molecule is CC1=CCC/C=C\C(N(c2ccc(Cl)cc2)c2cccc(-c3ccccc3)c2)=C/1. The van der Waals surface area contributed by atoms with Gasteiger partial charge >= 0.3 is 0 Å². The Morgan fingerprint density at radius 2 is 1.52 bits per heavy atom. The zero-order valence-electron chi connectivity index (χ0n) is 16.6. The van der Waals surface area contributed by atoms with Gasteiger partial charge in [-0.2, -0.15) is 0 Å². The maximum absolute atomic E-state index is 6.17. The second kappa shape index (κ2) is 8.98.